The van der Waals surface area contributed by atoms with Gasteiger partial charge in [-0.1, -0.05) is 0 Å². The van der Waals surface area contributed by atoms with E-state index >= 15 is 0 Å². The van der Waals surface area contributed by atoms with Crippen LogP contribution in [-0.4, -0.2) is 32.4 Å². The molecule has 0 amide bonds. The van der Waals surface area contributed by atoms with Crippen molar-refractivity contribution in [3.05, 3.63) is 23.5 Å². The van der Waals surface area contributed by atoms with Crippen molar-refractivity contribution < 1.29 is 9.13 Å². The average molecular weight is 293 g/mol. The van der Waals surface area contributed by atoms with Gasteiger partial charge in [0, 0.05) is 12.3 Å². The summed E-state index contributed by atoms with van der Waals surface area (Å²) >= 11 is 0. The van der Waals surface area contributed by atoms with Crippen molar-refractivity contribution in [1.82, 2.24) is 20.2 Å². The summed E-state index contributed by atoms with van der Waals surface area (Å²) < 4.78 is 21.5. The SMILES string of the molecule is CCOC(C)(C)Cn1nnnc1-c1cc(N)cc(C)c1F. The van der Waals surface area contributed by atoms with Crippen LogP contribution in [0.4, 0.5) is 10.1 Å². The zero-order valence-corrected chi connectivity index (χ0v) is 12.7. The quantitative estimate of drug-likeness (QED) is 0.855. The molecular weight excluding hydrogens is 273 g/mol. The number of nitrogen functional groups attached to an aromatic ring is 1. The Kier molecular flexibility index (Phi) is 4.22. The van der Waals surface area contributed by atoms with E-state index in [-0.39, 0.29) is 5.82 Å². The third-order valence-corrected chi connectivity index (χ3v) is 3.12. The van der Waals surface area contributed by atoms with Crippen LogP contribution in [0.1, 0.15) is 26.3 Å². The molecule has 6 nitrogen and oxygen atoms in total. The lowest BCUT2D eigenvalue weighted by Crippen LogP contribution is -2.31. The number of tetrazole rings is 1. The summed E-state index contributed by atoms with van der Waals surface area (Å²) in [7, 11) is 0. The fourth-order valence-electron chi connectivity index (χ4n) is 2.26. The first-order valence-corrected chi connectivity index (χ1v) is 6.80. The number of nitrogens with zero attached hydrogens (tertiary/aromatic N) is 4. The highest BCUT2D eigenvalue weighted by atomic mass is 19.1. The van der Waals surface area contributed by atoms with Gasteiger partial charge in [0.1, 0.15) is 5.82 Å². The van der Waals surface area contributed by atoms with E-state index in [0.29, 0.717) is 35.8 Å². The van der Waals surface area contributed by atoms with Crippen molar-refractivity contribution in [2.45, 2.75) is 39.8 Å². The molecule has 1 heterocycles. The number of hydrogen-bond donors (Lipinski definition) is 1. The van der Waals surface area contributed by atoms with Gasteiger partial charge in [-0.2, -0.15) is 0 Å². The molecule has 0 radical (unpaired) electrons. The number of rotatable bonds is 5. The minimum Gasteiger partial charge on any atom is -0.399 e. The molecule has 0 aliphatic heterocycles. The first kappa shape index (κ1) is 15.4. The molecular formula is C14H20FN5O. The molecule has 21 heavy (non-hydrogen) atoms. The second kappa shape index (κ2) is 5.77. The fraction of sp³-hybridized carbons (Fsp3) is 0.500. The molecule has 0 aliphatic rings. The lowest BCUT2D eigenvalue weighted by atomic mass is 10.1. The molecule has 114 valence electrons. The van der Waals surface area contributed by atoms with Gasteiger partial charge in [0.05, 0.1) is 17.7 Å². The summed E-state index contributed by atoms with van der Waals surface area (Å²) in [5.74, 6) is -0.0230. The van der Waals surface area contributed by atoms with Crippen molar-refractivity contribution in [1.29, 1.82) is 0 Å². The van der Waals surface area contributed by atoms with Gasteiger partial charge >= 0.3 is 0 Å². The molecule has 1 aromatic carbocycles. The van der Waals surface area contributed by atoms with Crippen molar-refractivity contribution in [3.63, 3.8) is 0 Å². The predicted octanol–water partition coefficient (Wildman–Crippen LogP) is 2.18. The Morgan fingerprint density at radius 3 is 2.76 bits per heavy atom. The molecule has 1 aromatic heterocycles. The van der Waals surface area contributed by atoms with Gasteiger partial charge < -0.3 is 10.5 Å². The van der Waals surface area contributed by atoms with Crippen LogP contribution >= 0.6 is 0 Å². The van der Waals surface area contributed by atoms with Crippen molar-refractivity contribution in [3.8, 4) is 11.4 Å². The molecule has 0 saturated carbocycles. The third kappa shape index (κ3) is 3.36. The van der Waals surface area contributed by atoms with E-state index in [2.05, 4.69) is 15.5 Å². The summed E-state index contributed by atoms with van der Waals surface area (Å²) in [6.45, 7) is 8.44. The van der Waals surface area contributed by atoms with Gasteiger partial charge in [-0.15, -0.1) is 5.10 Å². The number of anilines is 1. The number of halogens is 1. The number of aryl methyl sites for hydroxylation is 1. The van der Waals surface area contributed by atoms with Crippen LogP contribution in [0.25, 0.3) is 11.4 Å². The molecule has 2 rings (SSSR count). The molecule has 7 heteroatoms. The van der Waals surface area contributed by atoms with Gasteiger partial charge in [-0.05, 0) is 55.8 Å². The Hall–Kier alpha value is -2.02. The number of aromatic nitrogens is 4. The zero-order chi connectivity index (χ0) is 15.6. The van der Waals surface area contributed by atoms with Crippen LogP contribution in [0.2, 0.25) is 0 Å². The molecule has 2 N–H and O–H groups in total. The second-order valence-electron chi connectivity index (χ2n) is 5.55. The van der Waals surface area contributed by atoms with Crippen molar-refractivity contribution in [2.75, 3.05) is 12.3 Å². The smallest absolute Gasteiger partial charge is 0.185 e. The van der Waals surface area contributed by atoms with E-state index in [9.17, 15) is 4.39 Å². The Labute approximate surface area is 123 Å². The fourth-order valence-corrected chi connectivity index (χ4v) is 2.26. The molecule has 0 bridgehead atoms. The van der Waals surface area contributed by atoms with Gasteiger partial charge in [0.15, 0.2) is 5.82 Å². The Balaban J connectivity index is 2.42. The van der Waals surface area contributed by atoms with Crippen LogP contribution in [-0.2, 0) is 11.3 Å². The van der Waals surface area contributed by atoms with Crippen molar-refractivity contribution in [2.24, 2.45) is 0 Å². The van der Waals surface area contributed by atoms with Gasteiger partial charge in [0.25, 0.3) is 0 Å². The lowest BCUT2D eigenvalue weighted by Gasteiger charge is -2.24. The van der Waals surface area contributed by atoms with E-state index in [4.69, 9.17) is 10.5 Å². The maximum absolute atomic E-state index is 14.3. The molecule has 0 saturated heterocycles. The third-order valence-electron chi connectivity index (χ3n) is 3.12. The second-order valence-corrected chi connectivity index (χ2v) is 5.55. The molecule has 0 spiro atoms. The molecule has 0 fully saturated rings. The molecule has 0 atom stereocenters. The molecule has 0 aliphatic carbocycles. The van der Waals surface area contributed by atoms with Crippen LogP contribution < -0.4 is 5.73 Å². The topological polar surface area (TPSA) is 78.8 Å². The molecule has 0 unspecified atom stereocenters. The highest BCUT2D eigenvalue weighted by Gasteiger charge is 2.23. The minimum atomic E-state index is -0.454. The van der Waals surface area contributed by atoms with E-state index in [1.54, 1.807) is 13.0 Å². The highest BCUT2D eigenvalue weighted by Crippen LogP contribution is 2.26. The van der Waals surface area contributed by atoms with E-state index in [1.807, 2.05) is 20.8 Å². The largest absolute Gasteiger partial charge is 0.399 e. The highest BCUT2D eigenvalue weighted by molar-refractivity contribution is 5.63. The Morgan fingerprint density at radius 2 is 2.10 bits per heavy atom. The first-order valence-electron chi connectivity index (χ1n) is 6.80. The minimum absolute atomic E-state index is 0.296. The van der Waals surface area contributed by atoms with E-state index in [0.717, 1.165) is 0 Å². The van der Waals surface area contributed by atoms with E-state index in [1.165, 1.54) is 10.7 Å². The van der Waals surface area contributed by atoms with Gasteiger partial charge in [0.2, 0.25) is 0 Å². The Morgan fingerprint density at radius 1 is 1.38 bits per heavy atom. The standard InChI is InChI=1S/C14H20FN5O/c1-5-21-14(3,4)8-20-13(17-18-19-20)11-7-10(16)6-9(2)12(11)15/h6-7H,5,8,16H2,1-4H3. The number of hydrogen-bond acceptors (Lipinski definition) is 5. The van der Waals surface area contributed by atoms with Crippen molar-refractivity contribution >= 4 is 5.69 Å². The molecule has 2 aromatic rings. The van der Waals surface area contributed by atoms with Gasteiger partial charge in [-0.25, -0.2) is 9.07 Å². The number of benzene rings is 1. The van der Waals surface area contributed by atoms with Crippen LogP contribution in [0, 0.1) is 12.7 Å². The summed E-state index contributed by atoms with van der Waals surface area (Å²) in [6, 6.07) is 3.12. The maximum atomic E-state index is 14.3. The van der Waals surface area contributed by atoms with Crippen LogP contribution in [0.5, 0.6) is 0 Å². The monoisotopic (exact) mass is 293 g/mol. The summed E-state index contributed by atoms with van der Waals surface area (Å²) in [5, 5.41) is 11.5. The lowest BCUT2D eigenvalue weighted by molar-refractivity contribution is -0.0247. The van der Waals surface area contributed by atoms with Crippen LogP contribution in [0.15, 0.2) is 12.1 Å². The Bertz CT molecular complexity index is 638. The zero-order valence-electron chi connectivity index (χ0n) is 12.7. The van der Waals surface area contributed by atoms with E-state index < -0.39 is 5.60 Å². The number of nitrogens with two attached hydrogens (primary N) is 1. The number of ether oxygens (including phenoxy) is 1. The summed E-state index contributed by atoms with van der Waals surface area (Å²) in [6.07, 6.45) is 0. The van der Waals surface area contributed by atoms with Crippen LogP contribution in [0.3, 0.4) is 0 Å². The summed E-state index contributed by atoms with van der Waals surface area (Å²) in [5.41, 5.74) is 6.57. The van der Waals surface area contributed by atoms with Gasteiger partial charge in [-0.3, -0.25) is 0 Å². The normalized spacial score (nSPS) is 11.9. The predicted molar refractivity (Wildman–Crippen MR) is 78.1 cm³/mol. The average Bonchev–Trinajstić information content (AvgIpc) is 2.80. The maximum Gasteiger partial charge on any atom is 0.185 e. The summed E-state index contributed by atoms with van der Waals surface area (Å²) in [4.78, 5) is 0. The first-order chi connectivity index (χ1) is 9.84.